The topological polar surface area (TPSA) is 24.9 Å². The monoisotopic (exact) mass is 276 g/mol. The molecule has 20 heavy (non-hydrogen) atoms. The second-order valence-electron chi connectivity index (χ2n) is 5.62. The fourth-order valence-electron chi connectivity index (χ4n) is 3.00. The Kier molecular flexibility index (Phi) is 4.13. The molecule has 1 aromatic carbocycles. The molecule has 0 spiro atoms. The minimum absolute atomic E-state index is 0.123. The lowest BCUT2D eigenvalue weighted by atomic mass is 10.1. The molecule has 3 rings (SSSR count). The molecule has 0 saturated carbocycles. The molecule has 2 atom stereocenters. The number of fused-ring (bicyclic) bond motifs is 1. The zero-order valence-corrected chi connectivity index (χ0v) is 12.4. The third kappa shape index (κ3) is 2.76. The van der Waals surface area contributed by atoms with Crippen LogP contribution in [-0.4, -0.2) is 61.3 Å². The molecule has 1 aromatic rings. The van der Waals surface area contributed by atoms with Gasteiger partial charge in [0, 0.05) is 32.2 Å². The first-order valence-electron chi connectivity index (χ1n) is 7.63. The summed E-state index contributed by atoms with van der Waals surface area (Å²) in [5.41, 5.74) is 0. The molecular weight excluding hydrogens is 252 g/mol. The van der Waals surface area contributed by atoms with Crippen LogP contribution in [0.1, 0.15) is 13.8 Å². The third-order valence-corrected chi connectivity index (χ3v) is 4.50. The molecule has 0 bridgehead atoms. The average Bonchev–Trinajstić information content (AvgIpc) is 2.54. The van der Waals surface area contributed by atoms with E-state index in [0.29, 0.717) is 12.6 Å². The Labute approximate surface area is 121 Å². The van der Waals surface area contributed by atoms with Crippen molar-refractivity contribution in [2.75, 3.05) is 39.3 Å². The smallest absolute Gasteiger partial charge is 0.161 e. The van der Waals surface area contributed by atoms with Crippen molar-refractivity contribution < 1.29 is 9.47 Å². The van der Waals surface area contributed by atoms with Crippen LogP contribution in [-0.2, 0) is 0 Å². The van der Waals surface area contributed by atoms with Crippen molar-refractivity contribution in [1.29, 1.82) is 0 Å². The van der Waals surface area contributed by atoms with Gasteiger partial charge in [-0.05, 0) is 25.6 Å². The zero-order valence-electron chi connectivity index (χ0n) is 12.4. The maximum atomic E-state index is 6.12. The van der Waals surface area contributed by atoms with Crippen molar-refractivity contribution in [3.05, 3.63) is 24.3 Å². The number of rotatable bonds is 3. The van der Waals surface area contributed by atoms with Gasteiger partial charge < -0.3 is 14.4 Å². The molecule has 0 amide bonds. The summed E-state index contributed by atoms with van der Waals surface area (Å²) in [6, 6.07) is 8.33. The van der Waals surface area contributed by atoms with E-state index in [1.54, 1.807) is 0 Å². The maximum Gasteiger partial charge on any atom is 0.161 e. The summed E-state index contributed by atoms with van der Waals surface area (Å²) < 4.78 is 11.9. The minimum atomic E-state index is 0.123. The summed E-state index contributed by atoms with van der Waals surface area (Å²) in [6.07, 6.45) is 0.123. The summed E-state index contributed by atoms with van der Waals surface area (Å²) in [7, 11) is 0. The Hall–Kier alpha value is -1.26. The molecule has 0 aliphatic carbocycles. The highest BCUT2D eigenvalue weighted by Gasteiger charge is 2.31. The van der Waals surface area contributed by atoms with Gasteiger partial charge in [0.15, 0.2) is 11.5 Å². The number of hydrogen-bond acceptors (Lipinski definition) is 4. The molecule has 0 unspecified atom stereocenters. The first kappa shape index (κ1) is 13.7. The van der Waals surface area contributed by atoms with Crippen LogP contribution < -0.4 is 9.47 Å². The van der Waals surface area contributed by atoms with Crippen molar-refractivity contribution >= 4 is 0 Å². The SMILES string of the molecule is CCN1CCN([C@H](C)[C@H]2COc3ccccc3O2)CC1. The lowest BCUT2D eigenvalue weighted by molar-refractivity contribution is 0.00264. The summed E-state index contributed by atoms with van der Waals surface area (Å²) in [5, 5.41) is 0. The van der Waals surface area contributed by atoms with Crippen molar-refractivity contribution in [1.82, 2.24) is 9.80 Å². The van der Waals surface area contributed by atoms with Crippen LogP contribution in [0.25, 0.3) is 0 Å². The second kappa shape index (κ2) is 6.02. The van der Waals surface area contributed by atoms with Crippen molar-refractivity contribution in [3.8, 4) is 11.5 Å². The minimum Gasteiger partial charge on any atom is -0.486 e. The van der Waals surface area contributed by atoms with Crippen LogP contribution in [0.5, 0.6) is 11.5 Å². The first-order chi connectivity index (χ1) is 9.78. The van der Waals surface area contributed by atoms with E-state index in [1.807, 2.05) is 24.3 Å². The number of hydrogen-bond donors (Lipinski definition) is 0. The predicted octanol–water partition coefficient (Wildman–Crippen LogP) is 1.85. The largest absolute Gasteiger partial charge is 0.486 e. The number of ether oxygens (including phenoxy) is 2. The van der Waals surface area contributed by atoms with Crippen molar-refractivity contribution in [2.24, 2.45) is 0 Å². The van der Waals surface area contributed by atoms with Crippen LogP contribution in [0.3, 0.4) is 0 Å². The third-order valence-electron chi connectivity index (χ3n) is 4.50. The van der Waals surface area contributed by atoms with Crippen molar-refractivity contribution in [2.45, 2.75) is 26.0 Å². The Bertz CT molecular complexity index is 444. The first-order valence-corrected chi connectivity index (χ1v) is 7.63. The van der Waals surface area contributed by atoms with E-state index in [9.17, 15) is 0 Å². The van der Waals surface area contributed by atoms with Gasteiger partial charge in [0.1, 0.15) is 12.7 Å². The van der Waals surface area contributed by atoms with Gasteiger partial charge >= 0.3 is 0 Å². The molecule has 2 aliphatic heterocycles. The maximum absolute atomic E-state index is 6.12. The highest BCUT2D eigenvalue weighted by molar-refractivity contribution is 5.40. The molecule has 1 fully saturated rings. The molecule has 2 heterocycles. The molecule has 4 nitrogen and oxygen atoms in total. The molecule has 110 valence electrons. The van der Waals surface area contributed by atoms with Gasteiger partial charge in [0.25, 0.3) is 0 Å². The summed E-state index contributed by atoms with van der Waals surface area (Å²) >= 11 is 0. The molecule has 2 aliphatic rings. The van der Waals surface area contributed by atoms with Crippen LogP contribution >= 0.6 is 0 Å². The number of piperazine rings is 1. The molecule has 0 aromatic heterocycles. The normalized spacial score (nSPS) is 25.4. The highest BCUT2D eigenvalue weighted by atomic mass is 16.6. The van der Waals surface area contributed by atoms with E-state index in [0.717, 1.165) is 44.2 Å². The summed E-state index contributed by atoms with van der Waals surface area (Å²) in [6.45, 7) is 10.8. The fourth-order valence-corrected chi connectivity index (χ4v) is 3.00. The van der Waals surface area contributed by atoms with E-state index in [1.165, 1.54) is 0 Å². The van der Waals surface area contributed by atoms with E-state index < -0.39 is 0 Å². The summed E-state index contributed by atoms with van der Waals surface area (Å²) in [4.78, 5) is 5.02. The van der Waals surface area contributed by atoms with Crippen molar-refractivity contribution in [3.63, 3.8) is 0 Å². The Morgan fingerprint density at radius 3 is 2.55 bits per heavy atom. The predicted molar refractivity (Wildman–Crippen MR) is 79.5 cm³/mol. The van der Waals surface area contributed by atoms with Gasteiger partial charge in [-0.25, -0.2) is 0 Å². The molecule has 0 N–H and O–H groups in total. The van der Waals surface area contributed by atoms with Crippen LogP contribution in [0, 0.1) is 0 Å². The lowest BCUT2D eigenvalue weighted by Crippen LogP contribution is -2.55. The Morgan fingerprint density at radius 2 is 1.85 bits per heavy atom. The average molecular weight is 276 g/mol. The molecule has 1 saturated heterocycles. The van der Waals surface area contributed by atoms with Gasteiger partial charge in [0.05, 0.1) is 0 Å². The Balaban J connectivity index is 1.60. The van der Waals surface area contributed by atoms with Gasteiger partial charge in [0.2, 0.25) is 0 Å². The van der Waals surface area contributed by atoms with Crippen LogP contribution in [0.2, 0.25) is 0 Å². The number of nitrogens with zero attached hydrogens (tertiary/aromatic N) is 2. The number of likely N-dealkylation sites (N-methyl/N-ethyl adjacent to an activating group) is 1. The summed E-state index contributed by atoms with van der Waals surface area (Å²) in [5.74, 6) is 1.74. The molecular formula is C16H24N2O2. The Morgan fingerprint density at radius 1 is 1.15 bits per heavy atom. The lowest BCUT2D eigenvalue weighted by Gasteiger charge is -2.41. The van der Waals surface area contributed by atoms with E-state index in [4.69, 9.17) is 9.47 Å². The van der Waals surface area contributed by atoms with Gasteiger partial charge in [-0.2, -0.15) is 0 Å². The number of benzene rings is 1. The van der Waals surface area contributed by atoms with E-state index in [2.05, 4.69) is 23.6 Å². The molecule has 0 radical (unpaired) electrons. The fraction of sp³-hybridized carbons (Fsp3) is 0.625. The zero-order chi connectivity index (χ0) is 13.9. The number of para-hydroxylation sites is 2. The van der Waals surface area contributed by atoms with Crippen LogP contribution in [0.15, 0.2) is 24.3 Å². The highest BCUT2D eigenvalue weighted by Crippen LogP contribution is 2.32. The van der Waals surface area contributed by atoms with E-state index in [-0.39, 0.29) is 6.10 Å². The van der Waals surface area contributed by atoms with E-state index >= 15 is 0 Å². The van der Waals surface area contributed by atoms with Gasteiger partial charge in [-0.1, -0.05) is 19.1 Å². The second-order valence-corrected chi connectivity index (χ2v) is 5.62. The van der Waals surface area contributed by atoms with Crippen LogP contribution in [0.4, 0.5) is 0 Å². The van der Waals surface area contributed by atoms with Gasteiger partial charge in [-0.15, -0.1) is 0 Å². The standard InChI is InChI=1S/C16H24N2O2/c1-3-17-8-10-18(11-9-17)13(2)16-12-19-14-6-4-5-7-15(14)20-16/h4-7,13,16H,3,8-12H2,1-2H3/t13-,16-/m1/s1. The quantitative estimate of drug-likeness (QED) is 0.841. The van der Waals surface area contributed by atoms with Gasteiger partial charge in [-0.3, -0.25) is 4.90 Å². The molecule has 4 heteroatoms.